The van der Waals surface area contributed by atoms with Crippen molar-refractivity contribution in [1.29, 1.82) is 0 Å². The van der Waals surface area contributed by atoms with Crippen molar-refractivity contribution in [2.45, 2.75) is 23.1 Å². The Morgan fingerprint density at radius 2 is 2.00 bits per heavy atom. The zero-order chi connectivity index (χ0) is 12.3. The molecule has 0 aliphatic carbocycles. The summed E-state index contributed by atoms with van der Waals surface area (Å²) < 4.78 is 0. The van der Waals surface area contributed by atoms with Crippen molar-refractivity contribution in [3.05, 3.63) is 47.2 Å². The van der Waals surface area contributed by atoms with E-state index in [1.165, 1.54) is 11.8 Å². The molecule has 0 fully saturated rings. The molecule has 1 atom stereocenters. The Morgan fingerprint density at radius 1 is 1.29 bits per heavy atom. The molecule has 0 aliphatic rings. The molecule has 17 heavy (non-hydrogen) atoms. The first-order valence-electron chi connectivity index (χ1n) is 5.09. The van der Waals surface area contributed by atoms with Gasteiger partial charge in [-0.1, -0.05) is 17.7 Å². The summed E-state index contributed by atoms with van der Waals surface area (Å²) in [6, 6.07) is 7.30. The molecule has 0 saturated heterocycles. The van der Waals surface area contributed by atoms with Gasteiger partial charge in [-0.15, -0.1) is 0 Å². The molecule has 1 heterocycles. The van der Waals surface area contributed by atoms with Gasteiger partial charge >= 0.3 is 0 Å². The standard InChI is InChI=1S/C12H11ClN2OS/c1-8(16)10-4-3-9(7-11(10)13)17-12-14-5-2-6-15-12/h2-8,16H,1H3. The van der Waals surface area contributed by atoms with Crippen molar-refractivity contribution in [2.75, 3.05) is 0 Å². The lowest BCUT2D eigenvalue weighted by molar-refractivity contribution is 0.199. The summed E-state index contributed by atoms with van der Waals surface area (Å²) in [4.78, 5) is 9.19. The van der Waals surface area contributed by atoms with Gasteiger partial charge in [-0.25, -0.2) is 9.97 Å². The van der Waals surface area contributed by atoms with Crippen LogP contribution in [0.15, 0.2) is 46.7 Å². The molecule has 5 heteroatoms. The van der Waals surface area contributed by atoms with Crippen molar-refractivity contribution < 1.29 is 5.11 Å². The SMILES string of the molecule is CC(O)c1ccc(Sc2ncccn2)cc1Cl. The average Bonchev–Trinajstić information content (AvgIpc) is 2.30. The highest BCUT2D eigenvalue weighted by molar-refractivity contribution is 7.99. The number of aliphatic hydroxyl groups is 1. The Bertz CT molecular complexity index is 505. The molecule has 0 radical (unpaired) electrons. The maximum absolute atomic E-state index is 9.47. The highest BCUT2D eigenvalue weighted by atomic mass is 35.5. The van der Waals surface area contributed by atoms with Gasteiger partial charge in [-0.2, -0.15) is 0 Å². The molecule has 1 aromatic heterocycles. The number of rotatable bonds is 3. The average molecular weight is 267 g/mol. The zero-order valence-corrected chi connectivity index (χ0v) is 10.7. The molecule has 2 rings (SSSR count). The van der Waals surface area contributed by atoms with Crippen molar-refractivity contribution in [2.24, 2.45) is 0 Å². The van der Waals surface area contributed by atoms with Gasteiger partial charge < -0.3 is 5.11 Å². The Morgan fingerprint density at radius 3 is 2.59 bits per heavy atom. The van der Waals surface area contributed by atoms with Gasteiger partial charge in [-0.3, -0.25) is 0 Å². The van der Waals surface area contributed by atoms with Crippen LogP contribution in [0.1, 0.15) is 18.6 Å². The fraction of sp³-hybridized carbons (Fsp3) is 0.167. The van der Waals surface area contributed by atoms with E-state index in [9.17, 15) is 5.11 Å². The summed E-state index contributed by atoms with van der Waals surface area (Å²) in [5, 5.41) is 10.7. The third kappa shape index (κ3) is 3.19. The Labute approximate surface area is 109 Å². The molecular weight excluding hydrogens is 256 g/mol. The van der Waals surface area contributed by atoms with Crippen LogP contribution in [0.25, 0.3) is 0 Å². The number of aliphatic hydroxyl groups excluding tert-OH is 1. The second-order valence-electron chi connectivity index (χ2n) is 3.49. The molecule has 0 aliphatic heterocycles. The van der Waals surface area contributed by atoms with Crippen molar-refractivity contribution in [3.8, 4) is 0 Å². The maximum atomic E-state index is 9.47. The minimum atomic E-state index is -0.561. The zero-order valence-electron chi connectivity index (χ0n) is 9.17. The molecule has 0 spiro atoms. The maximum Gasteiger partial charge on any atom is 0.192 e. The van der Waals surface area contributed by atoms with Crippen LogP contribution in [0.2, 0.25) is 5.02 Å². The third-order valence-corrected chi connectivity index (χ3v) is 3.38. The van der Waals surface area contributed by atoms with Crippen LogP contribution >= 0.6 is 23.4 Å². The van der Waals surface area contributed by atoms with Gasteiger partial charge in [0.25, 0.3) is 0 Å². The van der Waals surface area contributed by atoms with Crippen LogP contribution in [-0.2, 0) is 0 Å². The van der Waals surface area contributed by atoms with Gasteiger partial charge in [0.2, 0.25) is 0 Å². The second-order valence-corrected chi connectivity index (χ2v) is 4.94. The summed E-state index contributed by atoms with van der Waals surface area (Å²) in [7, 11) is 0. The van der Waals surface area contributed by atoms with E-state index in [0.717, 1.165) is 10.5 Å². The molecule has 2 aromatic rings. The molecule has 3 nitrogen and oxygen atoms in total. The number of halogens is 1. The molecule has 0 saturated carbocycles. The van der Waals surface area contributed by atoms with Gasteiger partial charge in [0.05, 0.1) is 6.10 Å². The molecule has 0 bridgehead atoms. The van der Waals surface area contributed by atoms with E-state index in [2.05, 4.69) is 9.97 Å². The number of nitrogens with zero attached hydrogens (tertiary/aromatic N) is 2. The number of hydrogen-bond donors (Lipinski definition) is 1. The van der Waals surface area contributed by atoms with Crippen LogP contribution in [-0.4, -0.2) is 15.1 Å². The highest BCUT2D eigenvalue weighted by Crippen LogP contribution is 2.30. The lowest BCUT2D eigenvalue weighted by Gasteiger charge is -2.08. The van der Waals surface area contributed by atoms with Crippen LogP contribution in [0.5, 0.6) is 0 Å². The molecule has 0 amide bonds. The number of benzene rings is 1. The quantitative estimate of drug-likeness (QED) is 0.866. The van der Waals surface area contributed by atoms with E-state index in [-0.39, 0.29) is 0 Å². The topological polar surface area (TPSA) is 46.0 Å². The Hall–Kier alpha value is -1.10. The van der Waals surface area contributed by atoms with Crippen molar-refractivity contribution in [3.63, 3.8) is 0 Å². The summed E-state index contributed by atoms with van der Waals surface area (Å²) in [5.41, 5.74) is 0.727. The normalized spacial score (nSPS) is 12.4. The monoisotopic (exact) mass is 266 g/mol. The summed E-state index contributed by atoms with van der Waals surface area (Å²) in [6.07, 6.45) is 2.83. The minimum Gasteiger partial charge on any atom is -0.389 e. The van der Waals surface area contributed by atoms with Crippen molar-refractivity contribution in [1.82, 2.24) is 9.97 Å². The van der Waals surface area contributed by atoms with E-state index in [1.807, 2.05) is 18.2 Å². The summed E-state index contributed by atoms with van der Waals surface area (Å²) in [5.74, 6) is 0. The highest BCUT2D eigenvalue weighted by Gasteiger charge is 2.08. The number of aromatic nitrogens is 2. The lowest BCUT2D eigenvalue weighted by Crippen LogP contribution is -1.92. The lowest BCUT2D eigenvalue weighted by atomic mass is 10.1. The predicted octanol–water partition coefficient (Wildman–Crippen LogP) is 3.33. The number of hydrogen-bond acceptors (Lipinski definition) is 4. The van der Waals surface area contributed by atoms with Gasteiger partial charge in [0.1, 0.15) is 0 Å². The first-order valence-corrected chi connectivity index (χ1v) is 6.28. The molecule has 1 aromatic carbocycles. The van der Waals surface area contributed by atoms with Crippen molar-refractivity contribution >= 4 is 23.4 Å². The first-order chi connectivity index (χ1) is 8.16. The van der Waals surface area contributed by atoms with E-state index >= 15 is 0 Å². The molecular formula is C12H11ClN2OS. The summed E-state index contributed by atoms with van der Waals surface area (Å²) >= 11 is 7.51. The fourth-order valence-electron chi connectivity index (χ4n) is 1.35. The van der Waals surface area contributed by atoms with Crippen LogP contribution in [0.4, 0.5) is 0 Å². The Kier molecular flexibility index (Phi) is 3.99. The first kappa shape index (κ1) is 12.4. The van der Waals surface area contributed by atoms with E-state index in [0.29, 0.717) is 10.2 Å². The fourth-order valence-corrected chi connectivity index (χ4v) is 2.51. The van der Waals surface area contributed by atoms with Crippen LogP contribution in [0, 0.1) is 0 Å². The van der Waals surface area contributed by atoms with Crippen LogP contribution in [0.3, 0.4) is 0 Å². The van der Waals surface area contributed by atoms with Gasteiger partial charge in [0.15, 0.2) is 5.16 Å². The Balaban J connectivity index is 2.21. The van der Waals surface area contributed by atoms with E-state index in [1.54, 1.807) is 25.4 Å². The largest absolute Gasteiger partial charge is 0.389 e. The smallest absolute Gasteiger partial charge is 0.192 e. The van der Waals surface area contributed by atoms with E-state index < -0.39 is 6.10 Å². The van der Waals surface area contributed by atoms with Gasteiger partial charge in [0, 0.05) is 22.3 Å². The second kappa shape index (κ2) is 5.49. The third-order valence-electron chi connectivity index (χ3n) is 2.17. The van der Waals surface area contributed by atoms with E-state index in [4.69, 9.17) is 11.6 Å². The van der Waals surface area contributed by atoms with Crippen LogP contribution < -0.4 is 0 Å². The molecule has 88 valence electrons. The molecule has 1 unspecified atom stereocenters. The van der Waals surface area contributed by atoms with Gasteiger partial charge in [-0.05, 0) is 42.4 Å². The molecule has 1 N–H and O–H groups in total. The summed E-state index contributed by atoms with van der Waals surface area (Å²) in [6.45, 7) is 1.69. The minimum absolute atomic E-state index is 0.556. The predicted molar refractivity (Wildman–Crippen MR) is 68.2 cm³/mol.